The van der Waals surface area contributed by atoms with Crippen LogP contribution in [0.5, 0.6) is 0 Å². The Morgan fingerprint density at radius 1 is 1.03 bits per heavy atom. The minimum Gasteiger partial charge on any atom is -0.389 e. The average Bonchev–Trinajstić information content (AvgIpc) is 2.80. The minimum absolute atomic E-state index is 0.0546. The Bertz CT molecular complexity index is 863. The fourth-order valence-corrected chi connectivity index (χ4v) is 5.72. The Hall–Kier alpha value is -2.33. The number of rotatable bonds is 6. The number of aliphatic hydroxyl groups is 1. The first-order valence-electron chi connectivity index (χ1n) is 12.0. The first-order valence-corrected chi connectivity index (χ1v) is 12.0. The number of hydrogen-bond donors (Lipinski definition) is 1. The van der Waals surface area contributed by atoms with Crippen LogP contribution in [0.3, 0.4) is 0 Å². The van der Waals surface area contributed by atoms with E-state index in [1.54, 1.807) is 0 Å². The van der Waals surface area contributed by atoms with Gasteiger partial charge in [0.2, 0.25) is 5.91 Å². The SMILES string of the molecule is CCN(CC)c1ccc(C2C3CCCCC3(O)CCN2C(=O)Cc2ccccc2)cc1. The summed E-state index contributed by atoms with van der Waals surface area (Å²) in [4.78, 5) is 17.8. The maximum absolute atomic E-state index is 13.4. The smallest absolute Gasteiger partial charge is 0.227 e. The van der Waals surface area contributed by atoms with Crippen molar-refractivity contribution in [3.63, 3.8) is 0 Å². The molecular weight excluding hydrogens is 384 g/mol. The van der Waals surface area contributed by atoms with Crippen LogP contribution in [-0.4, -0.2) is 41.1 Å². The first kappa shape index (κ1) is 21.9. The maximum Gasteiger partial charge on any atom is 0.227 e. The maximum atomic E-state index is 13.4. The zero-order valence-corrected chi connectivity index (χ0v) is 19.0. The van der Waals surface area contributed by atoms with Crippen molar-refractivity contribution in [2.45, 2.75) is 64.0 Å². The molecule has 0 aromatic heterocycles. The predicted molar refractivity (Wildman–Crippen MR) is 126 cm³/mol. The average molecular weight is 421 g/mol. The highest BCUT2D eigenvalue weighted by molar-refractivity contribution is 5.79. The summed E-state index contributed by atoms with van der Waals surface area (Å²) in [6.45, 7) is 6.92. The molecule has 1 heterocycles. The van der Waals surface area contributed by atoms with Gasteiger partial charge in [-0.05, 0) is 56.4 Å². The normalized spacial score (nSPS) is 25.7. The number of likely N-dealkylation sites (tertiary alicyclic amines) is 1. The van der Waals surface area contributed by atoms with Crippen molar-refractivity contribution in [1.29, 1.82) is 0 Å². The molecule has 4 nitrogen and oxygen atoms in total. The van der Waals surface area contributed by atoms with Crippen LogP contribution in [-0.2, 0) is 11.2 Å². The molecule has 2 fully saturated rings. The predicted octanol–water partition coefficient (Wildman–Crippen LogP) is 4.97. The third-order valence-corrected chi connectivity index (χ3v) is 7.45. The Labute approximate surface area is 186 Å². The van der Waals surface area contributed by atoms with Crippen molar-refractivity contribution < 1.29 is 9.90 Å². The van der Waals surface area contributed by atoms with Gasteiger partial charge in [-0.2, -0.15) is 0 Å². The zero-order chi connectivity index (χ0) is 21.8. The molecule has 2 aliphatic rings. The number of fused-ring (bicyclic) bond motifs is 1. The molecule has 1 saturated heterocycles. The van der Waals surface area contributed by atoms with Crippen molar-refractivity contribution >= 4 is 11.6 Å². The lowest BCUT2D eigenvalue weighted by atomic mass is 9.66. The molecule has 2 aromatic rings. The summed E-state index contributed by atoms with van der Waals surface area (Å²) in [5.74, 6) is 0.269. The summed E-state index contributed by atoms with van der Waals surface area (Å²) >= 11 is 0. The second-order valence-corrected chi connectivity index (χ2v) is 9.16. The summed E-state index contributed by atoms with van der Waals surface area (Å²) in [5.41, 5.74) is 2.77. The highest BCUT2D eigenvalue weighted by Crippen LogP contribution is 2.49. The van der Waals surface area contributed by atoms with E-state index in [2.05, 4.69) is 47.9 Å². The van der Waals surface area contributed by atoms with Gasteiger partial charge in [-0.1, -0.05) is 55.3 Å². The summed E-state index contributed by atoms with van der Waals surface area (Å²) in [6, 6.07) is 18.7. The van der Waals surface area contributed by atoms with Gasteiger partial charge in [0.05, 0.1) is 18.1 Å². The van der Waals surface area contributed by atoms with Gasteiger partial charge in [0.1, 0.15) is 0 Å². The topological polar surface area (TPSA) is 43.8 Å². The van der Waals surface area contributed by atoms with Gasteiger partial charge in [0, 0.05) is 31.2 Å². The van der Waals surface area contributed by atoms with E-state index < -0.39 is 5.60 Å². The summed E-state index contributed by atoms with van der Waals surface area (Å²) < 4.78 is 0. The second kappa shape index (κ2) is 9.44. The van der Waals surface area contributed by atoms with Crippen molar-refractivity contribution in [2.75, 3.05) is 24.5 Å². The van der Waals surface area contributed by atoms with E-state index in [1.165, 1.54) is 5.69 Å². The van der Waals surface area contributed by atoms with Gasteiger partial charge in [-0.25, -0.2) is 0 Å². The molecule has 4 heteroatoms. The molecule has 1 saturated carbocycles. The molecule has 0 bridgehead atoms. The van der Waals surface area contributed by atoms with Crippen LogP contribution >= 0.6 is 0 Å². The Kier molecular flexibility index (Phi) is 6.66. The Balaban J connectivity index is 1.65. The van der Waals surface area contributed by atoms with E-state index in [1.807, 2.05) is 30.3 Å². The number of carbonyl (C=O) groups is 1. The van der Waals surface area contributed by atoms with Crippen LogP contribution in [0.25, 0.3) is 0 Å². The van der Waals surface area contributed by atoms with Gasteiger partial charge >= 0.3 is 0 Å². The van der Waals surface area contributed by atoms with E-state index in [0.29, 0.717) is 19.4 Å². The molecule has 2 aromatic carbocycles. The van der Waals surface area contributed by atoms with Crippen molar-refractivity contribution in [2.24, 2.45) is 5.92 Å². The third kappa shape index (κ3) is 4.50. The van der Waals surface area contributed by atoms with Gasteiger partial charge in [0.25, 0.3) is 0 Å². The molecule has 3 unspecified atom stereocenters. The van der Waals surface area contributed by atoms with Crippen molar-refractivity contribution in [3.05, 3.63) is 65.7 Å². The second-order valence-electron chi connectivity index (χ2n) is 9.16. The van der Waals surface area contributed by atoms with E-state index in [4.69, 9.17) is 0 Å². The number of hydrogen-bond acceptors (Lipinski definition) is 3. The standard InChI is InChI=1S/C27H36N2O2/c1-3-28(4-2)23-15-13-22(14-16-23)26-24-12-8-9-17-27(24,31)18-19-29(26)25(30)20-21-10-6-5-7-11-21/h5-7,10-11,13-16,24,26,31H,3-4,8-9,12,17-20H2,1-2H3. The number of nitrogens with zero attached hydrogens (tertiary/aromatic N) is 2. The quantitative estimate of drug-likeness (QED) is 0.717. The summed E-state index contributed by atoms with van der Waals surface area (Å²) in [6.07, 6.45) is 5.15. The van der Waals surface area contributed by atoms with Crippen LogP contribution in [0, 0.1) is 5.92 Å². The Morgan fingerprint density at radius 3 is 2.42 bits per heavy atom. The fourth-order valence-electron chi connectivity index (χ4n) is 5.72. The van der Waals surface area contributed by atoms with E-state index in [-0.39, 0.29) is 17.9 Å². The molecule has 1 aliphatic heterocycles. The molecule has 0 radical (unpaired) electrons. The number of amides is 1. The fraction of sp³-hybridized carbons (Fsp3) is 0.519. The molecule has 31 heavy (non-hydrogen) atoms. The molecule has 166 valence electrons. The monoisotopic (exact) mass is 420 g/mol. The zero-order valence-electron chi connectivity index (χ0n) is 19.0. The highest BCUT2D eigenvalue weighted by atomic mass is 16.3. The van der Waals surface area contributed by atoms with Crippen LogP contribution < -0.4 is 4.90 Å². The van der Waals surface area contributed by atoms with Crippen LogP contribution in [0.15, 0.2) is 54.6 Å². The largest absolute Gasteiger partial charge is 0.389 e. The van der Waals surface area contributed by atoms with Crippen molar-refractivity contribution in [3.8, 4) is 0 Å². The molecule has 4 rings (SSSR count). The van der Waals surface area contributed by atoms with Crippen LogP contribution in [0.2, 0.25) is 0 Å². The highest BCUT2D eigenvalue weighted by Gasteiger charge is 2.50. The lowest BCUT2D eigenvalue weighted by molar-refractivity contribution is -0.154. The van der Waals surface area contributed by atoms with Gasteiger partial charge < -0.3 is 14.9 Å². The molecular formula is C27H36N2O2. The van der Waals surface area contributed by atoms with Crippen LogP contribution in [0.1, 0.15) is 63.1 Å². The number of piperidine rings is 1. The van der Waals surface area contributed by atoms with Gasteiger partial charge in [-0.3, -0.25) is 4.79 Å². The number of carbonyl (C=O) groups excluding carboxylic acids is 1. The van der Waals surface area contributed by atoms with E-state index in [9.17, 15) is 9.90 Å². The molecule has 0 spiro atoms. The third-order valence-electron chi connectivity index (χ3n) is 7.45. The lowest BCUT2D eigenvalue weighted by Gasteiger charge is -2.52. The first-order chi connectivity index (χ1) is 15.1. The minimum atomic E-state index is -0.649. The van der Waals surface area contributed by atoms with Gasteiger partial charge in [-0.15, -0.1) is 0 Å². The van der Waals surface area contributed by atoms with Gasteiger partial charge in [0.15, 0.2) is 0 Å². The molecule has 1 amide bonds. The number of anilines is 1. The van der Waals surface area contributed by atoms with Crippen molar-refractivity contribution in [1.82, 2.24) is 4.90 Å². The molecule has 1 aliphatic carbocycles. The lowest BCUT2D eigenvalue weighted by Crippen LogP contribution is -2.56. The van der Waals surface area contributed by atoms with E-state index in [0.717, 1.165) is 49.9 Å². The molecule has 1 N–H and O–H groups in total. The summed E-state index contributed by atoms with van der Waals surface area (Å²) in [7, 11) is 0. The molecule has 3 atom stereocenters. The van der Waals surface area contributed by atoms with E-state index >= 15 is 0 Å². The number of benzene rings is 2. The Morgan fingerprint density at radius 2 is 1.74 bits per heavy atom. The van der Waals surface area contributed by atoms with Crippen LogP contribution in [0.4, 0.5) is 5.69 Å². The summed E-state index contributed by atoms with van der Waals surface area (Å²) in [5, 5.41) is 11.5.